The molecule has 0 aromatic heterocycles. The molecule has 20 heavy (non-hydrogen) atoms. The van der Waals surface area contributed by atoms with Gasteiger partial charge in [0.2, 0.25) is 5.91 Å². The van der Waals surface area contributed by atoms with Crippen LogP contribution in [0, 0.1) is 0 Å². The van der Waals surface area contributed by atoms with E-state index in [9.17, 15) is 4.79 Å². The Morgan fingerprint density at radius 1 is 1.05 bits per heavy atom. The summed E-state index contributed by atoms with van der Waals surface area (Å²) in [5, 5.41) is 3.50. The molecular formula is C16H16ClNO2. The van der Waals surface area contributed by atoms with E-state index in [1.54, 1.807) is 24.3 Å². The summed E-state index contributed by atoms with van der Waals surface area (Å²) < 4.78 is 5.67. The SMILES string of the molecule is CCCC(=O)Nc1ccc(Oc2ccc(Cl)cc2)cc1. The lowest BCUT2D eigenvalue weighted by molar-refractivity contribution is -0.116. The number of ether oxygens (including phenoxy) is 1. The van der Waals surface area contributed by atoms with E-state index in [4.69, 9.17) is 16.3 Å². The molecule has 0 atom stereocenters. The monoisotopic (exact) mass is 289 g/mol. The van der Waals surface area contributed by atoms with Gasteiger partial charge >= 0.3 is 0 Å². The molecule has 0 aliphatic carbocycles. The highest BCUT2D eigenvalue weighted by Crippen LogP contribution is 2.24. The largest absolute Gasteiger partial charge is 0.457 e. The summed E-state index contributed by atoms with van der Waals surface area (Å²) in [6.07, 6.45) is 1.37. The topological polar surface area (TPSA) is 38.3 Å². The number of halogens is 1. The van der Waals surface area contributed by atoms with E-state index in [2.05, 4.69) is 5.32 Å². The van der Waals surface area contributed by atoms with E-state index >= 15 is 0 Å². The van der Waals surface area contributed by atoms with Gasteiger partial charge in [0.15, 0.2) is 0 Å². The average molecular weight is 290 g/mol. The lowest BCUT2D eigenvalue weighted by atomic mass is 10.2. The molecule has 0 saturated heterocycles. The molecular weight excluding hydrogens is 274 g/mol. The van der Waals surface area contributed by atoms with Gasteiger partial charge in [0.05, 0.1) is 0 Å². The van der Waals surface area contributed by atoms with Crippen LogP contribution in [-0.2, 0) is 4.79 Å². The molecule has 0 heterocycles. The summed E-state index contributed by atoms with van der Waals surface area (Å²) in [5.74, 6) is 1.46. The van der Waals surface area contributed by atoms with Gasteiger partial charge in [-0.2, -0.15) is 0 Å². The Balaban J connectivity index is 1.97. The molecule has 0 aliphatic rings. The van der Waals surface area contributed by atoms with Gasteiger partial charge in [-0.3, -0.25) is 4.79 Å². The van der Waals surface area contributed by atoms with Gasteiger partial charge in [-0.25, -0.2) is 0 Å². The highest BCUT2D eigenvalue weighted by atomic mass is 35.5. The Bertz CT molecular complexity index is 564. The molecule has 0 saturated carbocycles. The van der Waals surface area contributed by atoms with Crippen LogP contribution < -0.4 is 10.1 Å². The third-order valence-electron chi connectivity index (χ3n) is 2.66. The molecule has 0 fully saturated rings. The van der Waals surface area contributed by atoms with Crippen LogP contribution in [0.4, 0.5) is 5.69 Å². The van der Waals surface area contributed by atoms with Crippen LogP contribution in [0.2, 0.25) is 5.02 Å². The Labute approximate surface area is 123 Å². The number of amides is 1. The Morgan fingerprint density at radius 3 is 2.15 bits per heavy atom. The first-order valence-electron chi connectivity index (χ1n) is 6.50. The van der Waals surface area contributed by atoms with Crippen LogP contribution in [0.25, 0.3) is 0 Å². The predicted molar refractivity (Wildman–Crippen MR) is 81.5 cm³/mol. The fraction of sp³-hybridized carbons (Fsp3) is 0.188. The molecule has 1 N–H and O–H groups in total. The second-order valence-corrected chi connectivity index (χ2v) is 4.81. The molecule has 2 aromatic rings. The molecule has 0 spiro atoms. The van der Waals surface area contributed by atoms with Crippen molar-refractivity contribution in [2.24, 2.45) is 0 Å². The van der Waals surface area contributed by atoms with Crippen LogP contribution in [0.5, 0.6) is 11.5 Å². The van der Waals surface area contributed by atoms with Gasteiger partial charge < -0.3 is 10.1 Å². The molecule has 0 aliphatic heterocycles. The first-order chi connectivity index (χ1) is 9.67. The molecule has 3 nitrogen and oxygen atoms in total. The first kappa shape index (κ1) is 14.4. The summed E-state index contributed by atoms with van der Waals surface area (Å²) in [6.45, 7) is 1.97. The minimum atomic E-state index is 0.0267. The molecule has 104 valence electrons. The van der Waals surface area contributed by atoms with Crippen molar-refractivity contribution in [3.63, 3.8) is 0 Å². The normalized spacial score (nSPS) is 10.1. The lowest BCUT2D eigenvalue weighted by Gasteiger charge is -2.08. The van der Waals surface area contributed by atoms with Gasteiger partial charge in [0.25, 0.3) is 0 Å². The van der Waals surface area contributed by atoms with Crippen molar-refractivity contribution >= 4 is 23.2 Å². The first-order valence-corrected chi connectivity index (χ1v) is 6.88. The number of benzene rings is 2. The van der Waals surface area contributed by atoms with E-state index < -0.39 is 0 Å². The zero-order valence-electron chi connectivity index (χ0n) is 11.2. The summed E-state index contributed by atoms with van der Waals surface area (Å²) in [4.78, 5) is 11.5. The third-order valence-corrected chi connectivity index (χ3v) is 2.92. The maximum absolute atomic E-state index is 11.5. The number of hydrogen-bond donors (Lipinski definition) is 1. The lowest BCUT2D eigenvalue weighted by Crippen LogP contribution is -2.10. The molecule has 2 rings (SSSR count). The predicted octanol–water partition coefficient (Wildman–Crippen LogP) is 4.87. The van der Waals surface area contributed by atoms with E-state index in [0.29, 0.717) is 17.2 Å². The maximum Gasteiger partial charge on any atom is 0.224 e. The van der Waals surface area contributed by atoms with Crippen molar-refractivity contribution < 1.29 is 9.53 Å². The van der Waals surface area contributed by atoms with E-state index in [1.807, 2.05) is 31.2 Å². The number of carbonyl (C=O) groups is 1. The quantitative estimate of drug-likeness (QED) is 0.852. The van der Waals surface area contributed by atoms with Crippen molar-refractivity contribution in [3.05, 3.63) is 53.6 Å². The smallest absolute Gasteiger partial charge is 0.224 e. The second kappa shape index (κ2) is 6.96. The Kier molecular flexibility index (Phi) is 5.02. The van der Waals surface area contributed by atoms with Gasteiger partial charge in [-0.1, -0.05) is 18.5 Å². The molecule has 4 heteroatoms. The number of anilines is 1. The van der Waals surface area contributed by atoms with Crippen molar-refractivity contribution in [2.75, 3.05) is 5.32 Å². The molecule has 2 aromatic carbocycles. The van der Waals surface area contributed by atoms with E-state index in [-0.39, 0.29) is 5.91 Å². The van der Waals surface area contributed by atoms with Crippen molar-refractivity contribution in [2.45, 2.75) is 19.8 Å². The fourth-order valence-electron chi connectivity index (χ4n) is 1.70. The molecule has 1 amide bonds. The Morgan fingerprint density at radius 2 is 1.60 bits per heavy atom. The van der Waals surface area contributed by atoms with Gasteiger partial charge in [0, 0.05) is 17.1 Å². The standard InChI is InChI=1S/C16H16ClNO2/c1-2-3-16(19)18-13-6-10-15(11-7-13)20-14-8-4-12(17)5-9-14/h4-11H,2-3H2,1H3,(H,18,19). The van der Waals surface area contributed by atoms with Crippen molar-refractivity contribution in [1.29, 1.82) is 0 Å². The summed E-state index contributed by atoms with van der Waals surface area (Å²) in [6, 6.07) is 14.4. The van der Waals surface area contributed by atoms with Crippen LogP contribution in [0.3, 0.4) is 0 Å². The van der Waals surface area contributed by atoms with Crippen LogP contribution in [-0.4, -0.2) is 5.91 Å². The molecule has 0 bridgehead atoms. The zero-order chi connectivity index (χ0) is 14.4. The number of nitrogens with one attached hydrogen (secondary N) is 1. The zero-order valence-corrected chi connectivity index (χ0v) is 12.0. The fourth-order valence-corrected chi connectivity index (χ4v) is 1.82. The van der Waals surface area contributed by atoms with E-state index in [0.717, 1.165) is 17.9 Å². The molecule has 0 radical (unpaired) electrons. The van der Waals surface area contributed by atoms with Crippen molar-refractivity contribution in [1.82, 2.24) is 0 Å². The van der Waals surface area contributed by atoms with Crippen LogP contribution in [0.1, 0.15) is 19.8 Å². The van der Waals surface area contributed by atoms with Gasteiger partial charge in [-0.15, -0.1) is 0 Å². The number of hydrogen-bond acceptors (Lipinski definition) is 2. The minimum absolute atomic E-state index is 0.0267. The minimum Gasteiger partial charge on any atom is -0.457 e. The Hall–Kier alpha value is -2.00. The van der Waals surface area contributed by atoms with Gasteiger partial charge in [-0.05, 0) is 55.0 Å². The van der Waals surface area contributed by atoms with Crippen molar-refractivity contribution in [3.8, 4) is 11.5 Å². The summed E-state index contributed by atoms with van der Waals surface area (Å²) in [5.41, 5.74) is 0.770. The van der Waals surface area contributed by atoms with Gasteiger partial charge in [0.1, 0.15) is 11.5 Å². The third kappa shape index (κ3) is 4.28. The van der Waals surface area contributed by atoms with E-state index in [1.165, 1.54) is 0 Å². The number of carbonyl (C=O) groups excluding carboxylic acids is 1. The highest BCUT2D eigenvalue weighted by Gasteiger charge is 2.02. The maximum atomic E-state index is 11.5. The van der Waals surface area contributed by atoms with Crippen LogP contribution in [0.15, 0.2) is 48.5 Å². The highest BCUT2D eigenvalue weighted by molar-refractivity contribution is 6.30. The summed E-state index contributed by atoms with van der Waals surface area (Å²) >= 11 is 5.81. The number of rotatable bonds is 5. The molecule has 0 unspecified atom stereocenters. The average Bonchev–Trinajstić information content (AvgIpc) is 2.44. The van der Waals surface area contributed by atoms with Crippen LogP contribution >= 0.6 is 11.6 Å². The summed E-state index contributed by atoms with van der Waals surface area (Å²) in [7, 11) is 0. The second-order valence-electron chi connectivity index (χ2n) is 4.38.